The highest BCUT2D eigenvalue weighted by molar-refractivity contribution is 6.04. The van der Waals surface area contributed by atoms with Crippen molar-refractivity contribution in [1.29, 1.82) is 0 Å². The van der Waals surface area contributed by atoms with Gasteiger partial charge in [-0.15, -0.1) is 0 Å². The lowest BCUT2D eigenvalue weighted by Gasteiger charge is -2.10. The second-order valence-electron chi connectivity index (χ2n) is 8.16. The van der Waals surface area contributed by atoms with Gasteiger partial charge in [0, 0.05) is 23.0 Å². The smallest absolute Gasteiger partial charge is 0.255 e. The Labute approximate surface area is 212 Å². The molecule has 1 N–H and O–H groups in total. The van der Waals surface area contributed by atoms with E-state index in [0.717, 1.165) is 11.4 Å². The van der Waals surface area contributed by atoms with Crippen LogP contribution in [-0.4, -0.2) is 25.4 Å². The minimum absolute atomic E-state index is 0.301. The summed E-state index contributed by atoms with van der Waals surface area (Å²) in [4.78, 5) is 25.5. The minimum Gasteiger partial charge on any atom is -0.457 e. The van der Waals surface area contributed by atoms with Gasteiger partial charge in [0.15, 0.2) is 0 Å². The lowest BCUT2D eigenvalue weighted by Crippen LogP contribution is -2.11. The Hall–Kier alpha value is -5.05. The first kappa shape index (κ1) is 23.7. The van der Waals surface area contributed by atoms with E-state index in [4.69, 9.17) is 9.47 Å². The Morgan fingerprint density at radius 2 is 1.57 bits per heavy atom. The summed E-state index contributed by atoms with van der Waals surface area (Å²) in [6, 6.07) is 21.1. The Morgan fingerprint density at radius 3 is 2.30 bits per heavy atom. The fourth-order valence-corrected chi connectivity index (χ4v) is 3.52. The van der Waals surface area contributed by atoms with Crippen LogP contribution in [0.5, 0.6) is 23.1 Å². The van der Waals surface area contributed by atoms with Gasteiger partial charge >= 0.3 is 0 Å². The topological polar surface area (TPSA) is 91.2 Å². The highest BCUT2D eigenvalue weighted by atomic mass is 19.1. The number of amides is 1. The number of imidazole rings is 1. The average molecular weight is 496 g/mol. The minimum atomic E-state index is -0.349. The number of anilines is 1. The Bertz CT molecular complexity index is 1550. The van der Waals surface area contributed by atoms with Crippen molar-refractivity contribution >= 4 is 11.6 Å². The maximum atomic E-state index is 13.1. The molecule has 9 heteroatoms. The number of aryl methyl sites for hydroxylation is 1. The summed E-state index contributed by atoms with van der Waals surface area (Å²) in [7, 11) is 0. The summed E-state index contributed by atoms with van der Waals surface area (Å²) in [5, 5.41) is 2.85. The molecule has 0 atom stereocenters. The molecule has 0 saturated heterocycles. The largest absolute Gasteiger partial charge is 0.457 e. The molecule has 5 aromatic rings. The second-order valence-corrected chi connectivity index (χ2v) is 8.16. The normalized spacial score (nSPS) is 10.7. The molecule has 2 heterocycles. The Kier molecular flexibility index (Phi) is 6.58. The molecule has 0 aliphatic heterocycles. The van der Waals surface area contributed by atoms with Crippen LogP contribution in [0.15, 0.2) is 91.5 Å². The Balaban J connectivity index is 1.23. The van der Waals surface area contributed by atoms with E-state index in [2.05, 4.69) is 20.3 Å². The number of carbonyl (C=O) groups is 1. The van der Waals surface area contributed by atoms with E-state index in [1.165, 1.54) is 30.6 Å². The van der Waals surface area contributed by atoms with Gasteiger partial charge in [0.05, 0.1) is 5.69 Å². The number of benzene rings is 3. The van der Waals surface area contributed by atoms with Crippen molar-refractivity contribution in [2.24, 2.45) is 0 Å². The molecule has 37 heavy (non-hydrogen) atoms. The zero-order valence-corrected chi connectivity index (χ0v) is 20.1. The molecule has 1 amide bonds. The first-order valence-corrected chi connectivity index (χ1v) is 11.4. The van der Waals surface area contributed by atoms with Crippen LogP contribution in [-0.2, 0) is 0 Å². The number of nitrogens with one attached hydrogen (secondary N) is 1. The summed E-state index contributed by atoms with van der Waals surface area (Å²) in [6.07, 6.45) is 3.14. The zero-order valence-electron chi connectivity index (χ0n) is 20.1. The van der Waals surface area contributed by atoms with Crippen molar-refractivity contribution in [3.05, 3.63) is 114 Å². The first-order chi connectivity index (χ1) is 17.9. The van der Waals surface area contributed by atoms with Gasteiger partial charge in [-0.1, -0.05) is 6.07 Å². The summed E-state index contributed by atoms with van der Waals surface area (Å²) >= 11 is 0. The molecular weight excluding hydrogens is 473 g/mol. The molecule has 5 rings (SSSR count). The summed E-state index contributed by atoms with van der Waals surface area (Å²) in [5.41, 5.74) is 2.91. The van der Waals surface area contributed by atoms with Crippen LogP contribution < -0.4 is 14.8 Å². The van der Waals surface area contributed by atoms with Gasteiger partial charge in [-0.05, 0) is 80.6 Å². The number of nitrogens with zero attached hydrogens (tertiary/aromatic N) is 4. The molecule has 0 aliphatic carbocycles. The average Bonchev–Trinajstić information content (AvgIpc) is 3.25. The van der Waals surface area contributed by atoms with E-state index in [0.29, 0.717) is 40.2 Å². The molecule has 0 bridgehead atoms. The van der Waals surface area contributed by atoms with Crippen LogP contribution in [0.1, 0.15) is 21.7 Å². The van der Waals surface area contributed by atoms with E-state index in [-0.39, 0.29) is 11.7 Å². The first-order valence-electron chi connectivity index (χ1n) is 11.4. The van der Waals surface area contributed by atoms with Crippen molar-refractivity contribution in [2.45, 2.75) is 13.8 Å². The number of halogens is 1. The van der Waals surface area contributed by atoms with Crippen molar-refractivity contribution < 1.29 is 18.7 Å². The van der Waals surface area contributed by atoms with Crippen LogP contribution in [0, 0.1) is 19.7 Å². The van der Waals surface area contributed by atoms with Gasteiger partial charge in [0.1, 0.15) is 41.5 Å². The van der Waals surface area contributed by atoms with Crippen molar-refractivity contribution in [3.63, 3.8) is 0 Å². The summed E-state index contributed by atoms with van der Waals surface area (Å²) < 4.78 is 26.6. The molecule has 2 aromatic heterocycles. The molecule has 8 nitrogen and oxygen atoms in total. The predicted molar refractivity (Wildman–Crippen MR) is 136 cm³/mol. The number of ether oxygens (including phenoxy) is 2. The lowest BCUT2D eigenvalue weighted by molar-refractivity contribution is 0.102. The van der Waals surface area contributed by atoms with Crippen LogP contribution >= 0.6 is 0 Å². The third-order valence-corrected chi connectivity index (χ3v) is 5.61. The molecular formula is C28H22FN5O3. The van der Waals surface area contributed by atoms with Crippen molar-refractivity contribution in [2.75, 3.05) is 5.32 Å². The number of hydrogen-bond donors (Lipinski definition) is 1. The predicted octanol–water partition coefficient (Wildman–Crippen LogP) is 6.26. The fourth-order valence-electron chi connectivity index (χ4n) is 3.52. The van der Waals surface area contributed by atoms with Gasteiger partial charge in [-0.3, -0.25) is 9.36 Å². The zero-order chi connectivity index (χ0) is 25.8. The molecule has 0 unspecified atom stereocenters. The number of aromatic nitrogens is 4. The maximum Gasteiger partial charge on any atom is 0.255 e. The van der Waals surface area contributed by atoms with E-state index in [9.17, 15) is 9.18 Å². The SMILES string of the molecule is Cc1ncn(-c2cc(Oc3ccc(NC(=O)c4cccc(Oc5ccc(F)cc5)c4)cc3)ncn2)c1C. The molecule has 0 saturated carbocycles. The van der Waals surface area contributed by atoms with Crippen LogP contribution in [0.3, 0.4) is 0 Å². The Morgan fingerprint density at radius 1 is 0.838 bits per heavy atom. The molecule has 0 fully saturated rings. The van der Waals surface area contributed by atoms with Crippen molar-refractivity contribution in [1.82, 2.24) is 19.5 Å². The molecule has 184 valence electrons. The van der Waals surface area contributed by atoms with Gasteiger partial charge in [0.2, 0.25) is 5.88 Å². The van der Waals surface area contributed by atoms with E-state index < -0.39 is 0 Å². The summed E-state index contributed by atoms with van der Waals surface area (Å²) in [5.74, 6) is 1.87. The van der Waals surface area contributed by atoms with Gasteiger partial charge in [0.25, 0.3) is 5.91 Å². The maximum absolute atomic E-state index is 13.1. The molecule has 3 aromatic carbocycles. The fraction of sp³-hybridized carbons (Fsp3) is 0.0714. The van der Waals surface area contributed by atoms with Crippen LogP contribution in [0.4, 0.5) is 10.1 Å². The third kappa shape index (κ3) is 5.62. The quantitative estimate of drug-likeness (QED) is 0.287. The number of rotatable bonds is 7. The third-order valence-electron chi connectivity index (χ3n) is 5.61. The number of carbonyl (C=O) groups excluding carboxylic acids is 1. The van der Waals surface area contributed by atoms with Gasteiger partial charge in [-0.2, -0.15) is 0 Å². The molecule has 0 radical (unpaired) electrons. The highest BCUT2D eigenvalue weighted by Crippen LogP contribution is 2.25. The van der Waals surface area contributed by atoms with E-state index >= 15 is 0 Å². The van der Waals surface area contributed by atoms with Crippen LogP contribution in [0.2, 0.25) is 0 Å². The van der Waals surface area contributed by atoms with E-state index in [1.54, 1.807) is 60.9 Å². The lowest BCUT2D eigenvalue weighted by atomic mass is 10.2. The monoisotopic (exact) mass is 495 g/mol. The highest BCUT2D eigenvalue weighted by Gasteiger charge is 2.10. The molecule has 0 spiro atoms. The summed E-state index contributed by atoms with van der Waals surface area (Å²) in [6.45, 7) is 3.90. The number of hydrogen-bond acceptors (Lipinski definition) is 6. The standard InChI is InChI=1S/C28H22FN5O3/c1-18-19(2)34(17-32-18)26-15-27(31-16-30-26)37-24-12-8-22(9-13-24)33-28(35)20-4-3-5-25(14-20)36-23-10-6-21(29)7-11-23/h3-17H,1-2H3,(H,33,35). The molecule has 0 aliphatic rings. The second kappa shape index (κ2) is 10.3. The van der Waals surface area contributed by atoms with Crippen molar-refractivity contribution in [3.8, 4) is 28.9 Å². The van der Waals surface area contributed by atoms with Gasteiger partial charge in [-0.25, -0.2) is 19.3 Å². The van der Waals surface area contributed by atoms with Gasteiger partial charge < -0.3 is 14.8 Å². The van der Waals surface area contributed by atoms with E-state index in [1.807, 2.05) is 18.4 Å². The van der Waals surface area contributed by atoms with Crippen LogP contribution in [0.25, 0.3) is 5.82 Å².